The third-order valence-electron chi connectivity index (χ3n) is 10.8. The van der Waals surface area contributed by atoms with Crippen LogP contribution in [0.2, 0.25) is 10.0 Å². The van der Waals surface area contributed by atoms with Gasteiger partial charge in [0.1, 0.15) is 17.2 Å². The second-order valence-electron chi connectivity index (χ2n) is 17.1. The molecule has 0 atom stereocenters. The van der Waals surface area contributed by atoms with E-state index in [1.807, 2.05) is 86.0 Å². The first-order valence-corrected chi connectivity index (χ1v) is 23.1. The topological polar surface area (TPSA) is 136 Å². The second-order valence-corrected chi connectivity index (χ2v) is 17.9. The summed E-state index contributed by atoms with van der Waals surface area (Å²) >= 11 is 12.4. The molecule has 4 heterocycles. The van der Waals surface area contributed by atoms with Gasteiger partial charge in [0, 0.05) is 108 Å². The highest BCUT2D eigenvalue weighted by Gasteiger charge is 2.26. The fraction of sp³-hybridized carbons (Fsp3) is 0.320. The Labute approximate surface area is 413 Å². The van der Waals surface area contributed by atoms with Crippen LogP contribution >= 0.6 is 23.2 Å². The van der Waals surface area contributed by atoms with Crippen molar-refractivity contribution in [1.29, 1.82) is 0 Å². The monoisotopic (exact) mass is 1000 g/mol. The van der Waals surface area contributed by atoms with Gasteiger partial charge in [0.2, 0.25) is 0 Å². The maximum atomic E-state index is 13.9. The van der Waals surface area contributed by atoms with E-state index in [0.717, 1.165) is 57.0 Å². The number of anilines is 4. The van der Waals surface area contributed by atoms with Crippen LogP contribution in [-0.2, 0) is 14.1 Å². The molecule has 14 nitrogen and oxygen atoms in total. The van der Waals surface area contributed by atoms with Gasteiger partial charge in [-0.05, 0) is 94.4 Å². The summed E-state index contributed by atoms with van der Waals surface area (Å²) in [6, 6.07) is 22.6. The number of ether oxygens (including phenoxy) is 2. The van der Waals surface area contributed by atoms with Gasteiger partial charge < -0.3 is 29.9 Å². The molecule has 0 saturated carbocycles. The second kappa shape index (κ2) is 22.9. The lowest BCUT2D eigenvalue weighted by molar-refractivity contribution is -0.124. The molecule has 2 N–H and O–H groups in total. The number of fused-ring (bicyclic) bond motifs is 2. The van der Waals surface area contributed by atoms with Crippen LogP contribution in [0.1, 0.15) is 26.7 Å². The zero-order chi connectivity index (χ0) is 50.0. The molecule has 0 amide bonds. The fourth-order valence-electron chi connectivity index (χ4n) is 7.52. The lowest BCUT2D eigenvalue weighted by Crippen LogP contribution is -2.33. The molecular formula is C50H54Cl2F4N12O2. The maximum Gasteiger partial charge on any atom is 0.401 e. The van der Waals surface area contributed by atoms with E-state index in [4.69, 9.17) is 42.6 Å². The summed E-state index contributed by atoms with van der Waals surface area (Å²) in [6.45, 7) is 4.43. The smallest absolute Gasteiger partial charge is 0.401 e. The minimum Gasteiger partial charge on any atom is -0.497 e. The van der Waals surface area contributed by atoms with Crippen LogP contribution in [0.3, 0.4) is 0 Å². The number of nitrogens with zero attached hydrogens (tertiary/aromatic N) is 10. The first kappa shape index (κ1) is 51.3. The number of aryl methyl sites for hydroxylation is 2. The number of benzene rings is 4. The fourth-order valence-corrected chi connectivity index (χ4v) is 8.03. The summed E-state index contributed by atoms with van der Waals surface area (Å²) < 4.78 is 65.6. The molecule has 4 aromatic heterocycles. The Kier molecular flexibility index (Phi) is 16.8. The van der Waals surface area contributed by atoms with Crippen molar-refractivity contribution in [3.8, 4) is 34.0 Å². The zero-order valence-corrected chi connectivity index (χ0v) is 41.1. The molecule has 0 saturated heterocycles. The maximum absolute atomic E-state index is 13.9. The van der Waals surface area contributed by atoms with E-state index in [-0.39, 0.29) is 6.54 Å². The zero-order valence-electron chi connectivity index (χ0n) is 39.6. The molecule has 8 rings (SSSR count). The first-order chi connectivity index (χ1) is 33.4. The van der Waals surface area contributed by atoms with E-state index in [2.05, 4.69) is 35.7 Å². The molecule has 0 unspecified atom stereocenters. The van der Waals surface area contributed by atoms with Crippen molar-refractivity contribution in [2.45, 2.75) is 38.5 Å². The van der Waals surface area contributed by atoms with Crippen molar-refractivity contribution < 1.29 is 27.0 Å². The Bertz CT molecular complexity index is 2970. The third kappa shape index (κ3) is 14.2. The lowest BCUT2D eigenvalue weighted by atomic mass is 10.1. The summed E-state index contributed by atoms with van der Waals surface area (Å²) in [5.41, 5.74) is 8.34. The van der Waals surface area contributed by atoms with Crippen molar-refractivity contribution >= 4 is 68.0 Å². The van der Waals surface area contributed by atoms with Crippen LogP contribution in [0.5, 0.6) is 11.5 Å². The number of hydrogen-bond donors (Lipinski definition) is 2. The van der Waals surface area contributed by atoms with E-state index in [1.54, 1.807) is 80.4 Å². The van der Waals surface area contributed by atoms with Crippen LogP contribution in [-0.4, -0.2) is 105 Å². The predicted molar refractivity (Wildman–Crippen MR) is 270 cm³/mol. The third-order valence-corrected chi connectivity index (χ3v) is 11.3. The number of nitrogens with one attached hydrogen (secondary N) is 2. The summed E-state index contributed by atoms with van der Waals surface area (Å²) in [5, 5.41) is 15.0. The van der Waals surface area contributed by atoms with Gasteiger partial charge in [0.05, 0.1) is 79.0 Å². The van der Waals surface area contributed by atoms with Gasteiger partial charge in [-0.15, -0.1) is 0 Å². The van der Waals surface area contributed by atoms with Crippen LogP contribution in [0, 0.1) is 0 Å². The van der Waals surface area contributed by atoms with E-state index in [1.165, 1.54) is 0 Å². The van der Waals surface area contributed by atoms with Gasteiger partial charge in [-0.3, -0.25) is 19.3 Å². The molecule has 70 heavy (non-hydrogen) atoms. The molecule has 0 fully saturated rings. The predicted octanol–water partition coefficient (Wildman–Crippen LogP) is 10.9. The Hall–Kier alpha value is -6.60. The molecular weight excluding hydrogens is 948 g/mol. The number of hydrogen-bond acceptors (Lipinski definition) is 12. The largest absolute Gasteiger partial charge is 0.497 e. The number of methoxy groups -OCH3 is 2. The van der Waals surface area contributed by atoms with Crippen molar-refractivity contribution in [1.82, 2.24) is 50.1 Å². The van der Waals surface area contributed by atoms with Crippen molar-refractivity contribution in [3.63, 3.8) is 0 Å². The van der Waals surface area contributed by atoms with Crippen LogP contribution in [0.4, 0.5) is 40.3 Å². The molecule has 368 valence electrons. The highest BCUT2D eigenvalue weighted by Crippen LogP contribution is 2.35. The number of halogens is 6. The number of alkyl halides is 4. The highest BCUT2D eigenvalue weighted by atomic mass is 35.5. The molecule has 0 bridgehead atoms. The van der Waals surface area contributed by atoms with Gasteiger partial charge in [-0.25, -0.2) is 14.4 Å². The molecule has 0 radical (unpaired) electrons. The Morgan fingerprint density at radius 1 is 0.571 bits per heavy atom. The average molecular weight is 1000 g/mol. The molecule has 20 heteroatoms. The molecule has 0 aliphatic rings. The van der Waals surface area contributed by atoms with E-state index in [0.29, 0.717) is 70.9 Å². The van der Waals surface area contributed by atoms with Crippen molar-refractivity contribution in [3.05, 3.63) is 120 Å². The minimum absolute atomic E-state index is 0.197. The number of aromatic nitrogens is 8. The summed E-state index contributed by atoms with van der Waals surface area (Å²) in [4.78, 5) is 22.8. The van der Waals surface area contributed by atoms with Gasteiger partial charge in [0.25, 0.3) is 0 Å². The Morgan fingerprint density at radius 3 is 1.44 bits per heavy atom. The quantitative estimate of drug-likeness (QED) is 0.0589. The summed E-state index contributed by atoms with van der Waals surface area (Å²) in [7, 11) is 6.97. The van der Waals surface area contributed by atoms with Crippen molar-refractivity contribution in [2.24, 2.45) is 14.1 Å². The van der Waals surface area contributed by atoms with Crippen LogP contribution in [0.25, 0.3) is 44.6 Å². The molecule has 0 aliphatic carbocycles. The van der Waals surface area contributed by atoms with Gasteiger partial charge in [-0.1, -0.05) is 23.2 Å². The minimum atomic E-state index is -4.25. The molecule has 8 aromatic rings. The summed E-state index contributed by atoms with van der Waals surface area (Å²) in [6.07, 6.45) is 7.74. The molecule has 0 aliphatic heterocycles. The highest BCUT2D eigenvalue weighted by molar-refractivity contribution is 6.35. The van der Waals surface area contributed by atoms with Gasteiger partial charge >= 0.3 is 6.18 Å². The van der Waals surface area contributed by atoms with Crippen LogP contribution in [0.15, 0.2) is 110 Å². The van der Waals surface area contributed by atoms with E-state index >= 15 is 0 Å². The van der Waals surface area contributed by atoms with E-state index in [9.17, 15) is 17.6 Å². The molecule has 4 aromatic carbocycles. The van der Waals surface area contributed by atoms with Gasteiger partial charge in [-0.2, -0.15) is 23.4 Å². The SMILES string of the molecule is COc1cc(OC)cc(N(CCCNCC(C)(C)F)c2ccc3ncc(-c4cnn(C)c4)nc3c2)c1.Cn1cc(-c2cnc3ccc(N(CCCNCC(F)(F)F)c4cc(Cl)cc(Cl)c4)cc3n2)cn1. The normalized spacial score (nSPS) is 11.7. The summed E-state index contributed by atoms with van der Waals surface area (Å²) in [5.74, 6) is 1.40. The number of rotatable bonds is 19. The van der Waals surface area contributed by atoms with Crippen molar-refractivity contribution in [2.75, 3.05) is 63.3 Å². The Balaban J connectivity index is 0.000000207. The lowest BCUT2D eigenvalue weighted by Gasteiger charge is -2.26. The first-order valence-electron chi connectivity index (χ1n) is 22.4. The molecule has 0 spiro atoms. The Morgan fingerprint density at radius 2 is 1.03 bits per heavy atom. The standard InChI is InChI=1S/C27H33FN6O2.C23H21Cl2F3N6/c1-27(2,28)18-29-9-6-10-34(21-11-22(35-4)14-23(12-21)36-5)20-7-8-24-25(13-20)32-26(16-30-24)19-15-31-33(3)17-19;1-33-13-15(11-31-33)22-12-30-20-4-3-18(10-21(20)32-22)34(6-2-5-29-14-23(26,27)28)19-8-16(24)7-17(25)9-19/h7-8,11-17,29H,6,9-10,18H2,1-5H3;3-4,7-13,29H,2,5-6,14H2,1H3. The van der Waals surface area contributed by atoms with Crippen LogP contribution < -0.4 is 29.9 Å². The van der Waals surface area contributed by atoms with E-state index < -0.39 is 18.4 Å². The average Bonchev–Trinajstić information content (AvgIpc) is 3.97. The van der Waals surface area contributed by atoms with Gasteiger partial charge in [0.15, 0.2) is 0 Å².